The number of fused-ring (bicyclic) bond motifs is 1. The number of aromatic carboxylic acids is 1. The summed E-state index contributed by atoms with van der Waals surface area (Å²) >= 11 is 0. The minimum absolute atomic E-state index is 0.104. The zero-order chi connectivity index (χ0) is 23.5. The minimum Gasteiger partial charge on any atom is -0.491 e. The quantitative estimate of drug-likeness (QED) is 0.359. The van der Waals surface area contributed by atoms with Gasteiger partial charge in [-0.05, 0) is 40.7 Å². The fourth-order valence-electron chi connectivity index (χ4n) is 5.02. The summed E-state index contributed by atoms with van der Waals surface area (Å²) in [5.74, 6) is -1.54. The van der Waals surface area contributed by atoms with E-state index in [1.807, 2.05) is 48.5 Å². The first-order valence-corrected chi connectivity index (χ1v) is 11.6. The maximum absolute atomic E-state index is 12.1. The van der Waals surface area contributed by atoms with E-state index in [0.717, 1.165) is 47.6 Å². The highest BCUT2D eigenvalue weighted by Crippen LogP contribution is 2.44. The van der Waals surface area contributed by atoms with Crippen molar-refractivity contribution in [2.24, 2.45) is 5.92 Å². The van der Waals surface area contributed by atoms with Crippen LogP contribution in [0.3, 0.4) is 0 Å². The molecule has 3 aromatic carbocycles. The second-order valence-electron chi connectivity index (χ2n) is 8.75. The van der Waals surface area contributed by atoms with Gasteiger partial charge in [-0.3, -0.25) is 0 Å². The SMILES string of the molecule is O=C(O)c1nc(C(c2cccc3ccccc23)C2CCCC2)nc(O)c1OCc1ccccc1. The normalized spacial score (nSPS) is 14.8. The molecule has 6 heteroatoms. The molecule has 1 fully saturated rings. The van der Waals surface area contributed by atoms with Gasteiger partial charge in [-0.15, -0.1) is 0 Å². The second kappa shape index (κ2) is 9.51. The molecule has 0 bridgehead atoms. The van der Waals surface area contributed by atoms with E-state index < -0.39 is 11.8 Å². The Kier molecular flexibility index (Phi) is 6.12. The van der Waals surface area contributed by atoms with Gasteiger partial charge in [0.05, 0.1) is 0 Å². The van der Waals surface area contributed by atoms with Crippen LogP contribution in [0.2, 0.25) is 0 Å². The number of ether oxygens (including phenoxy) is 1. The van der Waals surface area contributed by atoms with Crippen molar-refractivity contribution in [1.29, 1.82) is 0 Å². The molecule has 172 valence electrons. The number of hydrogen-bond acceptors (Lipinski definition) is 5. The Balaban J connectivity index is 1.59. The number of nitrogens with zero attached hydrogens (tertiary/aromatic N) is 2. The number of carboxylic acid groups (broad SMARTS) is 1. The molecule has 5 rings (SSSR count). The summed E-state index contributed by atoms with van der Waals surface area (Å²) in [7, 11) is 0. The number of aromatic hydroxyl groups is 1. The molecule has 1 aliphatic carbocycles. The maximum atomic E-state index is 12.1. The Hall–Kier alpha value is -3.93. The van der Waals surface area contributed by atoms with Gasteiger partial charge in [0.2, 0.25) is 5.75 Å². The zero-order valence-electron chi connectivity index (χ0n) is 18.7. The van der Waals surface area contributed by atoms with Crippen molar-refractivity contribution in [2.45, 2.75) is 38.2 Å². The first-order valence-electron chi connectivity index (χ1n) is 11.6. The van der Waals surface area contributed by atoms with Crippen molar-refractivity contribution in [3.8, 4) is 11.6 Å². The third-order valence-electron chi connectivity index (χ3n) is 6.60. The summed E-state index contributed by atoms with van der Waals surface area (Å²) in [6.07, 6.45) is 4.24. The van der Waals surface area contributed by atoms with Gasteiger partial charge in [0.25, 0.3) is 5.88 Å². The lowest BCUT2D eigenvalue weighted by molar-refractivity contribution is 0.0682. The molecule has 1 atom stereocenters. The number of carbonyl (C=O) groups is 1. The molecular formula is C28H26N2O4. The van der Waals surface area contributed by atoms with Gasteiger partial charge < -0.3 is 14.9 Å². The third-order valence-corrected chi connectivity index (χ3v) is 6.60. The first-order chi connectivity index (χ1) is 16.6. The summed E-state index contributed by atoms with van der Waals surface area (Å²) in [4.78, 5) is 21.0. The Morgan fingerprint density at radius 1 is 0.941 bits per heavy atom. The van der Waals surface area contributed by atoms with E-state index in [1.54, 1.807) is 0 Å². The van der Waals surface area contributed by atoms with Gasteiger partial charge in [-0.2, -0.15) is 4.98 Å². The Bertz CT molecular complexity index is 1310. The van der Waals surface area contributed by atoms with Gasteiger partial charge in [0, 0.05) is 5.92 Å². The summed E-state index contributed by atoms with van der Waals surface area (Å²) in [6, 6.07) is 23.6. The lowest BCUT2D eigenvalue weighted by atomic mass is 9.82. The molecule has 2 N–H and O–H groups in total. The van der Waals surface area contributed by atoms with Gasteiger partial charge in [-0.25, -0.2) is 9.78 Å². The van der Waals surface area contributed by atoms with Crippen LogP contribution < -0.4 is 4.74 Å². The lowest BCUT2D eigenvalue weighted by Gasteiger charge is -2.25. The van der Waals surface area contributed by atoms with Crippen molar-refractivity contribution in [2.75, 3.05) is 0 Å². The largest absolute Gasteiger partial charge is 0.491 e. The number of carboxylic acids is 1. The molecule has 1 saturated carbocycles. The monoisotopic (exact) mass is 454 g/mol. The van der Waals surface area contributed by atoms with Crippen LogP contribution in [-0.4, -0.2) is 26.2 Å². The van der Waals surface area contributed by atoms with E-state index in [2.05, 4.69) is 34.2 Å². The van der Waals surface area contributed by atoms with Crippen molar-refractivity contribution in [3.63, 3.8) is 0 Å². The standard InChI is InChI=1S/C28H26N2O4/c31-27-25(34-17-18-9-2-1-3-10-18)24(28(32)33)29-26(30-27)23(20-12-4-5-13-20)22-16-8-14-19-11-6-7-15-21(19)22/h1-3,6-11,14-16,20,23H,4-5,12-13,17H2,(H,32,33)(H,29,30,31). The predicted molar refractivity (Wildman–Crippen MR) is 129 cm³/mol. The Morgan fingerprint density at radius 2 is 1.65 bits per heavy atom. The van der Waals surface area contributed by atoms with Crippen molar-refractivity contribution < 1.29 is 19.7 Å². The van der Waals surface area contributed by atoms with Crippen LogP contribution >= 0.6 is 0 Å². The molecule has 34 heavy (non-hydrogen) atoms. The summed E-state index contributed by atoms with van der Waals surface area (Å²) < 4.78 is 5.70. The van der Waals surface area contributed by atoms with Crippen LogP contribution in [0.15, 0.2) is 72.8 Å². The van der Waals surface area contributed by atoms with Crippen LogP contribution in [0.5, 0.6) is 11.6 Å². The molecule has 1 unspecified atom stereocenters. The van der Waals surface area contributed by atoms with Crippen LogP contribution in [0.25, 0.3) is 10.8 Å². The summed E-state index contributed by atoms with van der Waals surface area (Å²) in [5, 5.41) is 22.9. The lowest BCUT2D eigenvalue weighted by Crippen LogP contribution is -2.18. The van der Waals surface area contributed by atoms with Gasteiger partial charge in [0.15, 0.2) is 5.69 Å². The van der Waals surface area contributed by atoms with E-state index in [9.17, 15) is 15.0 Å². The average Bonchev–Trinajstić information content (AvgIpc) is 3.38. The topological polar surface area (TPSA) is 92.5 Å². The minimum atomic E-state index is -1.26. The zero-order valence-corrected chi connectivity index (χ0v) is 18.7. The van der Waals surface area contributed by atoms with Crippen molar-refractivity contribution >= 4 is 16.7 Å². The molecule has 0 radical (unpaired) electrons. The van der Waals surface area contributed by atoms with E-state index in [1.165, 1.54) is 0 Å². The molecule has 0 saturated heterocycles. The molecule has 1 heterocycles. The number of rotatable bonds is 7. The summed E-state index contributed by atoms with van der Waals surface area (Å²) in [5.41, 5.74) is 1.59. The highest BCUT2D eigenvalue weighted by Gasteiger charge is 2.33. The van der Waals surface area contributed by atoms with E-state index >= 15 is 0 Å². The van der Waals surface area contributed by atoms with Gasteiger partial charge >= 0.3 is 5.97 Å². The fraction of sp³-hybridized carbons (Fsp3) is 0.250. The average molecular weight is 455 g/mol. The molecule has 0 aliphatic heterocycles. The van der Waals surface area contributed by atoms with E-state index in [0.29, 0.717) is 5.82 Å². The van der Waals surface area contributed by atoms with E-state index in [4.69, 9.17) is 4.74 Å². The third kappa shape index (κ3) is 4.31. The Morgan fingerprint density at radius 3 is 2.41 bits per heavy atom. The molecule has 6 nitrogen and oxygen atoms in total. The van der Waals surface area contributed by atoms with E-state index in [-0.39, 0.29) is 29.9 Å². The van der Waals surface area contributed by atoms with Gasteiger partial charge in [-0.1, -0.05) is 85.6 Å². The van der Waals surface area contributed by atoms with Gasteiger partial charge in [0.1, 0.15) is 12.4 Å². The molecular weight excluding hydrogens is 428 g/mol. The van der Waals surface area contributed by atoms with Crippen LogP contribution in [0.4, 0.5) is 0 Å². The van der Waals surface area contributed by atoms with Crippen molar-refractivity contribution in [3.05, 3.63) is 95.4 Å². The number of hydrogen-bond donors (Lipinski definition) is 2. The van der Waals surface area contributed by atoms with Crippen molar-refractivity contribution in [1.82, 2.24) is 9.97 Å². The highest BCUT2D eigenvalue weighted by molar-refractivity contribution is 5.89. The predicted octanol–water partition coefficient (Wildman–Crippen LogP) is 5.93. The molecule has 1 aromatic heterocycles. The molecule has 0 amide bonds. The maximum Gasteiger partial charge on any atom is 0.358 e. The second-order valence-corrected chi connectivity index (χ2v) is 8.75. The van der Waals surface area contributed by atoms with Crippen LogP contribution in [0.1, 0.15) is 59.0 Å². The van der Waals surface area contributed by atoms with Crippen LogP contribution in [0, 0.1) is 5.92 Å². The summed E-state index contributed by atoms with van der Waals surface area (Å²) in [6.45, 7) is 0.104. The molecule has 1 aliphatic rings. The number of benzene rings is 3. The Labute approximate surface area is 197 Å². The fourth-order valence-corrected chi connectivity index (χ4v) is 5.02. The van der Waals surface area contributed by atoms with Crippen LogP contribution in [-0.2, 0) is 6.61 Å². The molecule has 0 spiro atoms. The first kappa shape index (κ1) is 21.9. The molecule has 4 aromatic rings. The smallest absolute Gasteiger partial charge is 0.358 e. The number of aromatic nitrogens is 2. The highest BCUT2D eigenvalue weighted by atomic mass is 16.5.